The predicted molar refractivity (Wildman–Crippen MR) is 79.0 cm³/mol. The molecule has 1 aromatic rings. The minimum absolute atomic E-state index is 0.238. The third kappa shape index (κ3) is 4.27. The summed E-state index contributed by atoms with van der Waals surface area (Å²) in [6.07, 6.45) is -2.14. The molecule has 0 aliphatic heterocycles. The van der Waals surface area contributed by atoms with Gasteiger partial charge >= 0.3 is 12.1 Å². The van der Waals surface area contributed by atoms with Gasteiger partial charge in [-0.1, -0.05) is 18.2 Å². The normalized spacial score (nSPS) is 12.9. The van der Waals surface area contributed by atoms with Crippen LogP contribution >= 0.6 is 0 Å². The number of aliphatic hydroxyl groups is 2. The Morgan fingerprint density at radius 2 is 1.73 bits per heavy atom. The van der Waals surface area contributed by atoms with Crippen LogP contribution < -0.4 is 10.2 Å². The van der Waals surface area contributed by atoms with Crippen LogP contribution in [0.15, 0.2) is 30.3 Å². The first-order valence-corrected chi connectivity index (χ1v) is 6.65. The summed E-state index contributed by atoms with van der Waals surface area (Å²) < 4.78 is 0. The van der Waals surface area contributed by atoms with Crippen LogP contribution in [0.5, 0.6) is 0 Å². The number of benzene rings is 1. The average Bonchev–Trinajstić information content (AvgIpc) is 2.45. The summed E-state index contributed by atoms with van der Waals surface area (Å²) in [4.78, 5) is 36.5. The standard InChI is InChI=1S/C14H19N3O5/c1-10(19)16(11(2)20)14(22)17(13(21)15-8-9-18)12-6-4-3-5-7-12/h3-7,9-11,19-20H,8H2,1-2H3,(H,15,21). The lowest BCUT2D eigenvalue weighted by Gasteiger charge is -2.33. The number of imide groups is 1. The number of anilines is 1. The maximum absolute atomic E-state index is 12.5. The summed E-state index contributed by atoms with van der Waals surface area (Å²) in [6, 6.07) is 6.22. The molecule has 0 fully saturated rings. The summed E-state index contributed by atoms with van der Waals surface area (Å²) in [5.41, 5.74) is 0.238. The zero-order chi connectivity index (χ0) is 16.7. The Hall–Kier alpha value is -2.45. The lowest BCUT2D eigenvalue weighted by molar-refractivity contribution is -0.107. The molecular weight excluding hydrogens is 290 g/mol. The minimum atomic E-state index is -1.31. The van der Waals surface area contributed by atoms with Crippen LogP contribution in [0.3, 0.4) is 0 Å². The van der Waals surface area contributed by atoms with Gasteiger partial charge in [-0.3, -0.25) is 4.90 Å². The number of carbonyl (C=O) groups excluding carboxylic acids is 3. The summed E-state index contributed by atoms with van der Waals surface area (Å²) in [6.45, 7) is 2.31. The van der Waals surface area contributed by atoms with Crippen molar-refractivity contribution in [3.05, 3.63) is 30.3 Å². The average molecular weight is 309 g/mol. The fourth-order valence-electron chi connectivity index (χ4n) is 1.85. The number of nitrogens with one attached hydrogen (secondary N) is 1. The molecule has 0 aliphatic rings. The Balaban J connectivity index is 3.16. The largest absolute Gasteiger partial charge is 0.374 e. The van der Waals surface area contributed by atoms with Crippen LogP contribution in [-0.4, -0.2) is 52.5 Å². The molecule has 1 aromatic carbocycles. The molecule has 4 amide bonds. The van der Waals surface area contributed by atoms with E-state index in [2.05, 4.69) is 5.32 Å². The Morgan fingerprint density at radius 1 is 1.18 bits per heavy atom. The van der Waals surface area contributed by atoms with Crippen molar-refractivity contribution in [2.45, 2.75) is 26.3 Å². The lowest BCUT2D eigenvalue weighted by Crippen LogP contribution is -2.55. The number of aliphatic hydroxyl groups excluding tert-OH is 2. The van der Waals surface area contributed by atoms with Crippen LogP contribution in [0, 0.1) is 0 Å². The van der Waals surface area contributed by atoms with Crippen molar-refractivity contribution in [1.82, 2.24) is 10.2 Å². The van der Waals surface area contributed by atoms with E-state index in [-0.39, 0.29) is 12.2 Å². The first-order chi connectivity index (χ1) is 10.4. The van der Waals surface area contributed by atoms with E-state index in [0.717, 1.165) is 9.80 Å². The van der Waals surface area contributed by atoms with Gasteiger partial charge in [-0.05, 0) is 26.0 Å². The number of aldehydes is 1. The van der Waals surface area contributed by atoms with Crippen molar-refractivity contribution >= 4 is 24.0 Å². The van der Waals surface area contributed by atoms with Gasteiger partial charge in [0.05, 0.1) is 12.2 Å². The molecule has 8 nitrogen and oxygen atoms in total. The number of nitrogens with zero attached hydrogens (tertiary/aromatic N) is 2. The fraction of sp³-hybridized carbons (Fsp3) is 0.357. The third-order valence-electron chi connectivity index (χ3n) is 2.77. The number of amides is 4. The molecule has 0 bridgehead atoms. The molecule has 22 heavy (non-hydrogen) atoms. The molecule has 2 atom stereocenters. The van der Waals surface area contributed by atoms with E-state index in [1.54, 1.807) is 18.2 Å². The van der Waals surface area contributed by atoms with Crippen molar-refractivity contribution in [3.63, 3.8) is 0 Å². The SMILES string of the molecule is CC(O)N(C(=O)N(C(=O)NCC=O)c1ccccc1)C(C)O. The number of hydrogen-bond donors (Lipinski definition) is 3. The maximum atomic E-state index is 12.5. The minimum Gasteiger partial charge on any atom is -0.374 e. The first-order valence-electron chi connectivity index (χ1n) is 6.65. The second kappa shape index (κ2) is 8.11. The highest BCUT2D eigenvalue weighted by Crippen LogP contribution is 2.17. The zero-order valence-electron chi connectivity index (χ0n) is 12.3. The van der Waals surface area contributed by atoms with Crippen molar-refractivity contribution < 1.29 is 24.6 Å². The van der Waals surface area contributed by atoms with Gasteiger partial charge in [0.2, 0.25) is 0 Å². The summed E-state index contributed by atoms with van der Waals surface area (Å²) >= 11 is 0. The van der Waals surface area contributed by atoms with Gasteiger partial charge in [0.25, 0.3) is 0 Å². The van der Waals surface area contributed by atoms with E-state index in [9.17, 15) is 24.6 Å². The van der Waals surface area contributed by atoms with Gasteiger partial charge in [-0.15, -0.1) is 0 Å². The predicted octanol–water partition coefficient (Wildman–Crippen LogP) is 0.500. The van der Waals surface area contributed by atoms with E-state index in [1.165, 1.54) is 26.0 Å². The van der Waals surface area contributed by atoms with Crippen LogP contribution in [-0.2, 0) is 4.79 Å². The molecule has 8 heteroatoms. The van der Waals surface area contributed by atoms with Crippen LogP contribution in [0.1, 0.15) is 13.8 Å². The Morgan fingerprint density at radius 3 is 2.18 bits per heavy atom. The topological polar surface area (TPSA) is 110 Å². The monoisotopic (exact) mass is 309 g/mol. The highest BCUT2D eigenvalue weighted by Gasteiger charge is 2.32. The number of carbonyl (C=O) groups is 3. The quantitative estimate of drug-likeness (QED) is 0.542. The molecule has 0 spiro atoms. The molecule has 1 rings (SSSR count). The molecule has 0 radical (unpaired) electrons. The van der Waals surface area contributed by atoms with Gasteiger partial charge in [0, 0.05) is 0 Å². The number of urea groups is 2. The van der Waals surface area contributed by atoms with E-state index < -0.39 is 24.5 Å². The summed E-state index contributed by atoms with van der Waals surface area (Å²) in [5.74, 6) is 0. The fourth-order valence-corrected chi connectivity index (χ4v) is 1.85. The second-order valence-electron chi connectivity index (χ2n) is 4.48. The van der Waals surface area contributed by atoms with Crippen LogP contribution in [0.25, 0.3) is 0 Å². The lowest BCUT2D eigenvalue weighted by atomic mass is 10.3. The van der Waals surface area contributed by atoms with Crippen LogP contribution in [0.2, 0.25) is 0 Å². The van der Waals surface area contributed by atoms with E-state index in [1.807, 2.05) is 0 Å². The van der Waals surface area contributed by atoms with Crippen molar-refractivity contribution in [3.8, 4) is 0 Å². The van der Waals surface area contributed by atoms with Gasteiger partial charge in [0.1, 0.15) is 18.7 Å². The van der Waals surface area contributed by atoms with E-state index >= 15 is 0 Å². The van der Waals surface area contributed by atoms with Gasteiger partial charge in [-0.2, -0.15) is 0 Å². The Labute approximate surface area is 127 Å². The summed E-state index contributed by atoms with van der Waals surface area (Å²) in [5, 5.41) is 21.5. The third-order valence-corrected chi connectivity index (χ3v) is 2.77. The van der Waals surface area contributed by atoms with Gasteiger partial charge < -0.3 is 20.3 Å². The molecule has 2 unspecified atom stereocenters. The molecule has 120 valence electrons. The first kappa shape index (κ1) is 17.6. The zero-order valence-corrected chi connectivity index (χ0v) is 12.3. The molecule has 0 heterocycles. The maximum Gasteiger partial charge on any atom is 0.336 e. The molecule has 0 saturated heterocycles. The highest BCUT2D eigenvalue weighted by atomic mass is 16.3. The van der Waals surface area contributed by atoms with Crippen molar-refractivity contribution in [1.29, 1.82) is 0 Å². The molecule has 0 saturated carbocycles. The molecule has 0 aromatic heterocycles. The Bertz CT molecular complexity index is 510. The number of hydrogen-bond acceptors (Lipinski definition) is 5. The molecular formula is C14H19N3O5. The van der Waals surface area contributed by atoms with Gasteiger partial charge in [0.15, 0.2) is 0 Å². The van der Waals surface area contributed by atoms with Crippen molar-refractivity contribution in [2.24, 2.45) is 0 Å². The van der Waals surface area contributed by atoms with E-state index in [0.29, 0.717) is 6.29 Å². The Kier molecular flexibility index (Phi) is 6.48. The van der Waals surface area contributed by atoms with Gasteiger partial charge in [-0.25, -0.2) is 14.5 Å². The second-order valence-corrected chi connectivity index (χ2v) is 4.48. The van der Waals surface area contributed by atoms with Crippen LogP contribution in [0.4, 0.5) is 15.3 Å². The van der Waals surface area contributed by atoms with E-state index in [4.69, 9.17) is 0 Å². The van der Waals surface area contributed by atoms with Crippen molar-refractivity contribution in [2.75, 3.05) is 11.4 Å². The molecule has 0 aliphatic carbocycles. The number of para-hydroxylation sites is 1. The number of rotatable bonds is 5. The highest BCUT2D eigenvalue weighted by molar-refractivity contribution is 6.13. The summed E-state index contributed by atoms with van der Waals surface area (Å²) in [7, 11) is 0. The molecule has 3 N–H and O–H groups in total. The smallest absolute Gasteiger partial charge is 0.336 e.